The van der Waals surface area contributed by atoms with E-state index < -0.39 is 0 Å². The first-order valence-corrected chi connectivity index (χ1v) is 11.1. The molecule has 2 aromatic heterocycles. The number of carbonyl (C=O) groups is 1. The summed E-state index contributed by atoms with van der Waals surface area (Å²) in [5.41, 5.74) is 4.08. The van der Waals surface area contributed by atoms with Crippen LogP contribution in [-0.2, 0) is 17.8 Å². The quantitative estimate of drug-likeness (QED) is 0.382. The van der Waals surface area contributed by atoms with Crippen LogP contribution < -0.4 is 9.64 Å². The van der Waals surface area contributed by atoms with E-state index in [1.807, 2.05) is 36.4 Å². The van der Waals surface area contributed by atoms with Gasteiger partial charge in [-0.05, 0) is 46.9 Å². The summed E-state index contributed by atoms with van der Waals surface area (Å²) in [6, 6.07) is 17.7. The maximum Gasteiger partial charge on any atom is 0.233 e. The Morgan fingerprint density at radius 3 is 2.55 bits per heavy atom. The van der Waals surface area contributed by atoms with Crippen molar-refractivity contribution in [3.63, 3.8) is 0 Å². The van der Waals surface area contributed by atoms with Crippen molar-refractivity contribution in [3.8, 4) is 5.75 Å². The van der Waals surface area contributed by atoms with Crippen LogP contribution in [0.3, 0.4) is 0 Å². The van der Waals surface area contributed by atoms with Gasteiger partial charge in [0.1, 0.15) is 5.75 Å². The minimum Gasteiger partial charge on any atom is -0.497 e. The Bertz CT molecular complexity index is 1170. The van der Waals surface area contributed by atoms with Crippen LogP contribution in [0.2, 0.25) is 0 Å². The van der Waals surface area contributed by atoms with Gasteiger partial charge in [-0.2, -0.15) is 0 Å². The van der Waals surface area contributed by atoms with Crippen LogP contribution in [0.1, 0.15) is 36.5 Å². The lowest BCUT2D eigenvalue weighted by atomic mass is 10.0. The van der Waals surface area contributed by atoms with Gasteiger partial charge in [-0.25, -0.2) is 4.98 Å². The molecule has 0 saturated heterocycles. The Balaban J connectivity index is 1.69. The predicted octanol–water partition coefficient (Wildman–Crippen LogP) is 5.60. The molecule has 0 radical (unpaired) electrons. The summed E-state index contributed by atoms with van der Waals surface area (Å²) >= 11 is 1.55. The topological polar surface area (TPSA) is 55.3 Å². The van der Waals surface area contributed by atoms with Gasteiger partial charge in [-0.15, -0.1) is 0 Å². The predicted molar refractivity (Wildman–Crippen MR) is 126 cm³/mol. The molecule has 2 aromatic carbocycles. The van der Waals surface area contributed by atoms with Gasteiger partial charge >= 0.3 is 0 Å². The number of methoxy groups -OCH3 is 1. The van der Waals surface area contributed by atoms with Gasteiger partial charge < -0.3 is 4.74 Å². The number of hydrogen-bond donors (Lipinski definition) is 0. The zero-order chi connectivity index (χ0) is 21.8. The minimum absolute atomic E-state index is 0.000766. The van der Waals surface area contributed by atoms with Crippen LogP contribution in [0.4, 0.5) is 5.13 Å². The first-order chi connectivity index (χ1) is 15.0. The number of fused-ring (bicyclic) bond motifs is 1. The molecule has 0 aliphatic carbocycles. The Hall–Kier alpha value is -3.25. The fourth-order valence-electron chi connectivity index (χ4n) is 3.49. The number of para-hydroxylation sites is 1. The van der Waals surface area contributed by atoms with E-state index in [0.717, 1.165) is 27.1 Å². The number of aromatic nitrogens is 2. The second kappa shape index (κ2) is 9.27. The average Bonchev–Trinajstić information content (AvgIpc) is 3.22. The summed E-state index contributed by atoms with van der Waals surface area (Å²) in [7, 11) is 1.63. The lowest BCUT2D eigenvalue weighted by Crippen LogP contribution is -2.31. The molecule has 4 aromatic rings. The largest absolute Gasteiger partial charge is 0.497 e. The summed E-state index contributed by atoms with van der Waals surface area (Å²) in [5.74, 6) is 1.13. The van der Waals surface area contributed by atoms with E-state index in [1.165, 1.54) is 5.56 Å². The summed E-state index contributed by atoms with van der Waals surface area (Å²) in [6.07, 6.45) is 3.82. The molecule has 6 heteroatoms. The lowest BCUT2D eigenvalue weighted by molar-refractivity contribution is -0.118. The molecule has 0 aliphatic heterocycles. The number of rotatable bonds is 7. The number of hydrogen-bond acceptors (Lipinski definition) is 5. The second-order valence-electron chi connectivity index (χ2n) is 7.71. The molecular formula is C25H25N3O2S. The molecule has 0 N–H and O–H groups in total. The van der Waals surface area contributed by atoms with Crippen LogP contribution in [0, 0.1) is 0 Å². The molecular weight excluding hydrogens is 406 g/mol. The number of amides is 1. The highest BCUT2D eigenvalue weighted by atomic mass is 32.1. The van der Waals surface area contributed by atoms with Gasteiger partial charge in [0.2, 0.25) is 5.91 Å². The molecule has 2 heterocycles. The highest BCUT2D eigenvalue weighted by Gasteiger charge is 2.22. The number of ether oxygens (including phenoxy) is 1. The van der Waals surface area contributed by atoms with Crippen LogP contribution in [0.25, 0.3) is 10.2 Å². The molecule has 5 nitrogen and oxygen atoms in total. The van der Waals surface area contributed by atoms with Crippen molar-refractivity contribution in [1.82, 2.24) is 9.97 Å². The summed E-state index contributed by atoms with van der Waals surface area (Å²) in [6.45, 7) is 4.76. The molecule has 0 fully saturated rings. The Labute approximate surface area is 186 Å². The number of anilines is 1. The van der Waals surface area contributed by atoms with Crippen molar-refractivity contribution in [1.29, 1.82) is 0 Å². The first-order valence-electron chi connectivity index (χ1n) is 10.3. The van der Waals surface area contributed by atoms with E-state index in [1.54, 1.807) is 35.7 Å². The normalized spacial score (nSPS) is 11.1. The zero-order valence-corrected chi connectivity index (χ0v) is 18.7. The van der Waals surface area contributed by atoms with Crippen LogP contribution in [0.15, 0.2) is 67.0 Å². The number of pyridine rings is 1. The third-order valence-corrected chi connectivity index (χ3v) is 6.21. The summed E-state index contributed by atoms with van der Waals surface area (Å²) < 4.78 is 6.32. The molecule has 1 amide bonds. The fourth-order valence-corrected chi connectivity index (χ4v) is 4.51. The van der Waals surface area contributed by atoms with Crippen LogP contribution >= 0.6 is 11.3 Å². The lowest BCUT2D eigenvalue weighted by Gasteiger charge is -2.20. The molecule has 0 bridgehead atoms. The highest BCUT2D eigenvalue weighted by molar-refractivity contribution is 7.22. The minimum atomic E-state index is -0.000766. The van der Waals surface area contributed by atoms with Crippen molar-refractivity contribution < 1.29 is 9.53 Å². The van der Waals surface area contributed by atoms with Crippen LogP contribution in [0.5, 0.6) is 5.75 Å². The van der Waals surface area contributed by atoms with Crippen molar-refractivity contribution in [2.75, 3.05) is 12.0 Å². The van der Waals surface area contributed by atoms with Crippen molar-refractivity contribution >= 4 is 32.6 Å². The molecule has 0 aliphatic rings. The summed E-state index contributed by atoms with van der Waals surface area (Å²) in [5, 5.41) is 0.713. The molecule has 0 unspecified atom stereocenters. The number of nitrogens with zero attached hydrogens (tertiary/aromatic N) is 3. The van der Waals surface area contributed by atoms with Gasteiger partial charge in [0.05, 0.1) is 30.3 Å². The van der Waals surface area contributed by atoms with E-state index >= 15 is 0 Å². The van der Waals surface area contributed by atoms with Gasteiger partial charge in [-0.1, -0.05) is 55.5 Å². The first kappa shape index (κ1) is 21.0. The van der Waals surface area contributed by atoms with Crippen molar-refractivity contribution in [2.24, 2.45) is 0 Å². The van der Waals surface area contributed by atoms with Gasteiger partial charge in [-0.3, -0.25) is 14.7 Å². The maximum atomic E-state index is 13.4. The van der Waals surface area contributed by atoms with E-state index in [-0.39, 0.29) is 12.3 Å². The van der Waals surface area contributed by atoms with E-state index in [2.05, 4.69) is 37.0 Å². The Morgan fingerprint density at radius 1 is 1.06 bits per heavy atom. The standard InChI is InChI=1S/C25H25N3O2S/c1-17(2)21-7-4-8-22-24(21)27-25(31-22)28(16-19-6-5-13-26-15-19)23(29)14-18-9-11-20(30-3)12-10-18/h4-13,15,17H,14,16H2,1-3H3. The third kappa shape index (κ3) is 4.75. The van der Waals surface area contributed by atoms with Crippen molar-refractivity contribution in [2.45, 2.75) is 32.7 Å². The number of benzene rings is 2. The Morgan fingerprint density at radius 2 is 1.87 bits per heavy atom. The third-order valence-electron chi connectivity index (χ3n) is 5.17. The SMILES string of the molecule is COc1ccc(CC(=O)N(Cc2cccnc2)c2nc3c(C(C)C)cccc3s2)cc1. The highest BCUT2D eigenvalue weighted by Crippen LogP contribution is 2.34. The van der Waals surface area contributed by atoms with Crippen LogP contribution in [-0.4, -0.2) is 23.0 Å². The molecule has 0 saturated carbocycles. The van der Waals surface area contributed by atoms with Gasteiger partial charge in [0.15, 0.2) is 5.13 Å². The second-order valence-corrected chi connectivity index (χ2v) is 8.72. The average molecular weight is 432 g/mol. The van der Waals surface area contributed by atoms with Crippen molar-refractivity contribution in [3.05, 3.63) is 83.7 Å². The zero-order valence-electron chi connectivity index (χ0n) is 17.9. The smallest absolute Gasteiger partial charge is 0.233 e. The number of carbonyl (C=O) groups excluding carboxylic acids is 1. The monoisotopic (exact) mass is 431 g/mol. The fraction of sp³-hybridized carbons (Fsp3) is 0.240. The molecule has 4 rings (SSSR count). The number of thiazole rings is 1. The summed E-state index contributed by atoms with van der Waals surface area (Å²) in [4.78, 5) is 24.3. The molecule has 158 valence electrons. The van der Waals surface area contributed by atoms with E-state index in [0.29, 0.717) is 17.6 Å². The van der Waals surface area contributed by atoms with Gasteiger partial charge in [0, 0.05) is 12.4 Å². The van der Waals surface area contributed by atoms with E-state index in [4.69, 9.17) is 9.72 Å². The van der Waals surface area contributed by atoms with E-state index in [9.17, 15) is 4.79 Å². The Kier molecular flexibility index (Phi) is 6.28. The maximum absolute atomic E-state index is 13.4. The molecule has 0 atom stereocenters. The van der Waals surface area contributed by atoms with Gasteiger partial charge in [0.25, 0.3) is 0 Å². The molecule has 31 heavy (non-hydrogen) atoms. The molecule has 0 spiro atoms.